The Morgan fingerprint density at radius 3 is 1.84 bits per heavy atom. The quantitative estimate of drug-likeness (QED) is 0.221. The zero-order chi connectivity index (χ0) is 38.7. The number of halogens is 2. The van der Waals surface area contributed by atoms with Gasteiger partial charge in [0.15, 0.2) is 5.78 Å². The van der Waals surface area contributed by atoms with Gasteiger partial charge in [0, 0.05) is 50.8 Å². The number of amides is 4. The summed E-state index contributed by atoms with van der Waals surface area (Å²) in [6, 6.07) is 5.98. The molecule has 0 bridgehead atoms. The fraction of sp³-hybridized carbons (Fsp3) is 0.436. The van der Waals surface area contributed by atoms with Crippen LogP contribution in [0.1, 0.15) is 67.6 Å². The number of benzene rings is 2. The van der Waals surface area contributed by atoms with Crippen LogP contribution >= 0.6 is 0 Å². The fourth-order valence-electron chi connectivity index (χ4n) is 7.04. The lowest BCUT2D eigenvalue weighted by Crippen LogP contribution is -2.33. The average Bonchev–Trinajstić information content (AvgIpc) is 3.79. The second-order valence-corrected chi connectivity index (χ2v) is 14.0. The highest BCUT2D eigenvalue weighted by atomic mass is 19.1. The Balaban J connectivity index is 0.000000208. The molecule has 3 N–H and O–H groups in total. The van der Waals surface area contributed by atoms with Gasteiger partial charge in [0.25, 0.3) is 0 Å². The van der Waals surface area contributed by atoms with Crippen LogP contribution in [0.3, 0.4) is 0 Å². The van der Waals surface area contributed by atoms with Crippen LogP contribution in [0, 0.1) is 11.6 Å². The van der Waals surface area contributed by atoms with E-state index >= 15 is 0 Å². The maximum Gasteiger partial charge on any atom is 0.414 e. The van der Waals surface area contributed by atoms with E-state index in [1.54, 1.807) is 29.4 Å². The Labute approximate surface area is 318 Å². The first-order chi connectivity index (χ1) is 25.8. The number of ketones is 1. The zero-order valence-corrected chi connectivity index (χ0v) is 30.6. The third-order valence-electron chi connectivity index (χ3n) is 9.55. The third kappa shape index (κ3) is 9.12. The van der Waals surface area contributed by atoms with Gasteiger partial charge in [0.1, 0.15) is 23.8 Å². The van der Waals surface area contributed by atoms with Crippen LogP contribution in [0.25, 0.3) is 11.3 Å². The van der Waals surface area contributed by atoms with Crippen LogP contribution in [-0.4, -0.2) is 97.4 Å². The monoisotopic (exact) mass is 763 g/mol. The van der Waals surface area contributed by atoms with Gasteiger partial charge in [-0.05, 0) is 79.5 Å². The highest BCUT2D eigenvalue weighted by molar-refractivity contribution is 6.10. The molecule has 55 heavy (non-hydrogen) atoms. The number of aryl methyl sites for hydroxylation is 3. The number of carbonyl (C=O) groups excluding carboxylic acids is 5. The Bertz CT molecular complexity index is 2010. The Morgan fingerprint density at radius 2 is 1.31 bits per heavy atom. The first-order valence-corrected chi connectivity index (χ1v) is 17.8. The predicted molar refractivity (Wildman–Crippen MR) is 201 cm³/mol. The van der Waals surface area contributed by atoms with Gasteiger partial charge < -0.3 is 25.0 Å². The molecule has 0 unspecified atom stereocenters. The molecule has 2 atom stereocenters. The number of hydrogen-bond acceptors (Lipinski definition) is 9. The summed E-state index contributed by atoms with van der Waals surface area (Å²) >= 11 is 0. The highest BCUT2D eigenvalue weighted by Crippen LogP contribution is 2.37. The summed E-state index contributed by atoms with van der Waals surface area (Å²) in [5.41, 5.74) is 5.70. The van der Waals surface area contributed by atoms with Crippen LogP contribution in [0.2, 0.25) is 0 Å². The number of aromatic nitrogens is 2. The van der Waals surface area contributed by atoms with Crippen molar-refractivity contribution in [2.45, 2.75) is 72.0 Å². The molecule has 0 saturated carbocycles. The average molecular weight is 764 g/mol. The van der Waals surface area contributed by atoms with Crippen molar-refractivity contribution in [2.24, 2.45) is 0 Å². The molecule has 3 heterocycles. The van der Waals surface area contributed by atoms with Crippen LogP contribution in [0.15, 0.2) is 42.2 Å². The van der Waals surface area contributed by atoms with Gasteiger partial charge in [-0.25, -0.2) is 18.4 Å². The Kier molecular flexibility index (Phi) is 12.6. The maximum absolute atomic E-state index is 14.8. The van der Waals surface area contributed by atoms with Crippen LogP contribution in [0.4, 0.5) is 29.7 Å². The number of nitrogens with one attached hydrogen (secondary N) is 3. The Morgan fingerprint density at radius 1 is 0.818 bits per heavy atom. The summed E-state index contributed by atoms with van der Waals surface area (Å²) in [5.74, 6) is -1.74. The molecule has 3 aromatic rings. The first kappa shape index (κ1) is 40.4. The van der Waals surface area contributed by atoms with Crippen LogP contribution in [-0.2, 0) is 38.3 Å². The van der Waals surface area contributed by atoms with Crippen molar-refractivity contribution in [1.29, 1.82) is 0 Å². The summed E-state index contributed by atoms with van der Waals surface area (Å²) in [6.45, 7) is 3.47. The molecule has 1 aromatic heterocycles. The molecule has 14 nitrogen and oxygen atoms in total. The normalized spacial score (nSPS) is 19.4. The summed E-state index contributed by atoms with van der Waals surface area (Å²) in [5, 5.41) is 12.2. The molecule has 0 radical (unpaired) electrons. The minimum Gasteiger partial charge on any atom is -0.442 e. The van der Waals surface area contributed by atoms with Gasteiger partial charge >= 0.3 is 12.2 Å². The Hall–Kier alpha value is -5.80. The van der Waals surface area contributed by atoms with E-state index in [2.05, 4.69) is 20.8 Å². The van der Waals surface area contributed by atoms with E-state index < -0.39 is 36.0 Å². The van der Waals surface area contributed by atoms with Crippen molar-refractivity contribution in [3.63, 3.8) is 0 Å². The number of hydrogen-bond donors (Lipinski definition) is 3. The summed E-state index contributed by atoms with van der Waals surface area (Å²) < 4.78 is 40.1. The number of Topliss-reactive ketones (excluding diaryl/α,β-unsaturated/α-hetero) is 1. The topological polar surface area (TPSA) is 166 Å². The minimum absolute atomic E-state index is 0. The van der Waals surface area contributed by atoms with E-state index in [9.17, 15) is 32.8 Å². The van der Waals surface area contributed by atoms with Gasteiger partial charge in [-0.1, -0.05) is 7.43 Å². The zero-order valence-electron chi connectivity index (χ0n) is 30.6. The van der Waals surface area contributed by atoms with Crippen LogP contribution in [0.5, 0.6) is 0 Å². The number of fused-ring (bicyclic) bond motifs is 4. The first-order valence-electron chi connectivity index (χ1n) is 17.8. The number of carbonyl (C=O) groups is 5. The lowest BCUT2D eigenvalue weighted by atomic mass is 9.99. The SMILES string of the molecule is C.CC(=O)NC[C@H]1CN(c2cc3c(cc2F)-c2[nH]ncc2CCC3)C(=O)O1.CC(=O)NC[C@H]1CN(c2cc3c(cc2F)C(=O)/C(=C/N(C)C)CCC3)C(=O)O1. The molecule has 2 aliphatic heterocycles. The molecular formula is C39H47F2N7O7. The van der Waals surface area contributed by atoms with Crippen molar-refractivity contribution in [3.05, 3.63) is 76.1 Å². The second kappa shape index (κ2) is 17.1. The molecule has 16 heteroatoms. The number of H-pyrrole nitrogens is 1. The lowest BCUT2D eigenvalue weighted by Gasteiger charge is -2.17. The van der Waals surface area contributed by atoms with Gasteiger partial charge in [-0.3, -0.25) is 29.3 Å². The van der Waals surface area contributed by atoms with Gasteiger partial charge in [0.05, 0.1) is 49.4 Å². The second-order valence-electron chi connectivity index (χ2n) is 14.0. The van der Waals surface area contributed by atoms with E-state index in [1.807, 2.05) is 14.1 Å². The van der Waals surface area contributed by atoms with Crippen molar-refractivity contribution in [2.75, 3.05) is 50.1 Å². The van der Waals surface area contributed by atoms with Crippen LogP contribution < -0.4 is 20.4 Å². The largest absolute Gasteiger partial charge is 0.442 e. The van der Waals surface area contributed by atoms with Crippen molar-refractivity contribution in [3.8, 4) is 11.3 Å². The molecule has 294 valence electrons. The predicted octanol–water partition coefficient (Wildman–Crippen LogP) is 5.05. The van der Waals surface area contributed by atoms with Crippen molar-refractivity contribution < 1.29 is 42.2 Å². The molecule has 2 saturated heterocycles. The van der Waals surface area contributed by atoms with E-state index in [0.29, 0.717) is 24.0 Å². The summed E-state index contributed by atoms with van der Waals surface area (Å²) in [7, 11) is 3.68. The number of nitrogens with zero attached hydrogens (tertiary/aromatic N) is 4. The maximum atomic E-state index is 14.8. The minimum atomic E-state index is -0.664. The third-order valence-corrected chi connectivity index (χ3v) is 9.55. The standard InChI is InChI=1S/C20H24FN3O4.C18H19FN4O3.CH4/c1-12(25)22-9-15-11-24(20(27)28-15)18-7-13-5-4-6-14(10-23(2)3)19(26)16(13)8-17(18)21;1-10(24)20-8-13-9-23(18(25)26-13)16-5-11-3-2-4-12-7-21-22-17(12)14(11)6-15(16)19;/h7-8,10,15H,4-6,9,11H2,1-3H3,(H,22,25);5-7,13H,2-4,8-9H2,1H3,(H,20,24)(H,21,22);1H4/b14-10+;;/t15-;13-;/m00./s1. The van der Waals surface area contributed by atoms with Gasteiger partial charge in [-0.15, -0.1) is 0 Å². The number of ether oxygens (including phenoxy) is 2. The molecule has 2 fully saturated rings. The molecule has 2 aromatic carbocycles. The van der Waals surface area contributed by atoms with E-state index in [0.717, 1.165) is 53.6 Å². The molecule has 4 aliphatic rings. The molecule has 7 rings (SSSR count). The van der Waals surface area contributed by atoms with E-state index in [-0.39, 0.29) is 62.6 Å². The smallest absolute Gasteiger partial charge is 0.414 e. The fourth-order valence-corrected chi connectivity index (χ4v) is 7.04. The number of allylic oxidation sites excluding steroid dienone is 1. The highest BCUT2D eigenvalue weighted by Gasteiger charge is 2.36. The summed E-state index contributed by atoms with van der Waals surface area (Å²) in [6.07, 6.45) is 5.84. The number of anilines is 2. The molecule has 2 aliphatic carbocycles. The van der Waals surface area contributed by atoms with Gasteiger partial charge in [-0.2, -0.15) is 5.10 Å². The van der Waals surface area contributed by atoms with E-state index in [4.69, 9.17) is 9.47 Å². The lowest BCUT2D eigenvalue weighted by molar-refractivity contribution is -0.120. The number of aromatic amines is 1. The molecule has 4 amide bonds. The van der Waals surface area contributed by atoms with Crippen molar-refractivity contribution >= 4 is 41.2 Å². The van der Waals surface area contributed by atoms with Crippen molar-refractivity contribution in [1.82, 2.24) is 25.7 Å². The van der Waals surface area contributed by atoms with Gasteiger partial charge in [0.2, 0.25) is 11.8 Å². The summed E-state index contributed by atoms with van der Waals surface area (Å²) in [4.78, 5) is 63.6. The molecular weight excluding hydrogens is 716 g/mol. The number of rotatable bonds is 7. The van der Waals surface area contributed by atoms with E-state index in [1.165, 1.54) is 35.8 Å². The number of cyclic esters (lactones) is 2. The molecule has 0 spiro atoms.